The van der Waals surface area contributed by atoms with Gasteiger partial charge in [-0.3, -0.25) is 4.79 Å². The fraction of sp³-hybridized carbons (Fsp3) is 0.562. The van der Waals surface area contributed by atoms with Gasteiger partial charge in [-0.25, -0.2) is 9.97 Å². The van der Waals surface area contributed by atoms with Gasteiger partial charge >= 0.3 is 0 Å². The van der Waals surface area contributed by atoms with Crippen molar-refractivity contribution in [2.45, 2.75) is 38.1 Å². The third-order valence-corrected chi connectivity index (χ3v) is 4.32. The Morgan fingerprint density at radius 2 is 1.90 bits per heavy atom. The van der Waals surface area contributed by atoms with E-state index in [4.69, 9.17) is 0 Å². The first-order valence-corrected chi connectivity index (χ1v) is 7.80. The Balaban J connectivity index is 1.47. The molecule has 0 spiro atoms. The maximum Gasteiger partial charge on any atom is 0.225 e. The summed E-state index contributed by atoms with van der Waals surface area (Å²) in [6.07, 6.45) is 12.7. The highest BCUT2D eigenvalue weighted by Crippen LogP contribution is 2.20. The molecule has 112 valence electrons. The Bertz CT molecular complexity index is 494. The first-order valence-electron chi connectivity index (χ1n) is 7.80. The second-order valence-corrected chi connectivity index (χ2v) is 5.80. The van der Waals surface area contributed by atoms with Crippen LogP contribution in [0.1, 0.15) is 32.1 Å². The molecule has 2 heterocycles. The minimum absolute atomic E-state index is 0.172. The second kappa shape index (κ2) is 6.70. The van der Waals surface area contributed by atoms with Gasteiger partial charge in [-0.1, -0.05) is 12.2 Å². The van der Waals surface area contributed by atoms with Crippen LogP contribution in [0, 0.1) is 5.92 Å². The van der Waals surface area contributed by atoms with Gasteiger partial charge in [-0.2, -0.15) is 0 Å². The first kappa shape index (κ1) is 14.0. The van der Waals surface area contributed by atoms with Crippen molar-refractivity contribution in [2.75, 3.05) is 18.0 Å². The van der Waals surface area contributed by atoms with Crippen LogP contribution in [0.5, 0.6) is 0 Å². The quantitative estimate of drug-likeness (QED) is 0.862. The lowest BCUT2D eigenvalue weighted by molar-refractivity contribution is -0.126. The Hall–Kier alpha value is -1.91. The molecule has 0 radical (unpaired) electrons. The molecule has 1 aromatic rings. The van der Waals surface area contributed by atoms with Gasteiger partial charge in [-0.15, -0.1) is 0 Å². The molecule has 1 aliphatic carbocycles. The fourth-order valence-corrected chi connectivity index (χ4v) is 3.03. The second-order valence-electron chi connectivity index (χ2n) is 5.80. The van der Waals surface area contributed by atoms with Crippen LogP contribution >= 0.6 is 0 Å². The molecule has 21 heavy (non-hydrogen) atoms. The van der Waals surface area contributed by atoms with Crippen molar-refractivity contribution in [3.63, 3.8) is 0 Å². The molecule has 3 rings (SSSR count). The Morgan fingerprint density at radius 3 is 2.57 bits per heavy atom. The van der Waals surface area contributed by atoms with E-state index < -0.39 is 0 Å². The number of aromatic nitrogens is 2. The number of amides is 1. The van der Waals surface area contributed by atoms with E-state index in [-0.39, 0.29) is 11.8 Å². The molecule has 0 aromatic carbocycles. The van der Waals surface area contributed by atoms with Crippen LogP contribution in [0.4, 0.5) is 5.95 Å². The molecule has 1 aliphatic heterocycles. The van der Waals surface area contributed by atoms with Gasteiger partial charge in [0.1, 0.15) is 0 Å². The van der Waals surface area contributed by atoms with Crippen LogP contribution in [0.15, 0.2) is 30.6 Å². The minimum atomic E-state index is 0.172. The van der Waals surface area contributed by atoms with Crippen molar-refractivity contribution in [2.24, 2.45) is 5.92 Å². The Kier molecular flexibility index (Phi) is 4.48. The molecule has 5 heteroatoms. The number of carbonyl (C=O) groups is 1. The summed E-state index contributed by atoms with van der Waals surface area (Å²) in [5.41, 5.74) is 0. The van der Waals surface area contributed by atoms with E-state index in [9.17, 15) is 4.79 Å². The normalized spacial score (nSPS) is 23.0. The molecule has 1 saturated heterocycles. The summed E-state index contributed by atoms with van der Waals surface area (Å²) in [4.78, 5) is 23.0. The fourth-order valence-electron chi connectivity index (χ4n) is 3.03. The van der Waals surface area contributed by atoms with Crippen LogP contribution < -0.4 is 10.2 Å². The standard InChI is InChI=1S/C16H22N4O/c21-15(13-5-2-1-3-6-13)19-14-7-11-20(12-8-14)16-17-9-4-10-18-16/h1-2,4,9-10,13-14H,3,5-8,11-12H2,(H,19,21). The number of carbonyl (C=O) groups excluding carboxylic acids is 1. The topological polar surface area (TPSA) is 58.1 Å². The number of rotatable bonds is 3. The molecule has 1 fully saturated rings. The van der Waals surface area contributed by atoms with E-state index in [1.165, 1.54) is 0 Å². The number of hydrogen-bond donors (Lipinski definition) is 1. The molecule has 1 unspecified atom stereocenters. The number of nitrogens with zero attached hydrogens (tertiary/aromatic N) is 3. The van der Waals surface area contributed by atoms with Gasteiger partial charge < -0.3 is 10.2 Å². The lowest BCUT2D eigenvalue weighted by Crippen LogP contribution is -2.46. The average Bonchev–Trinajstić information content (AvgIpc) is 2.57. The SMILES string of the molecule is O=C(NC1CCN(c2ncccn2)CC1)C1CC=CCC1. The maximum absolute atomic E-state index is 12.2. The van der Waals surface area contributed by atoms with Gasteiger partial charge in [0.15, 0.2) is 0 Å². The van der Waals surface area contributed by atoms with Crippen molar-refractivity contribution in [3.05, 3.63) is 30.6 Å². The molecule has 0 bridgehead atoms. The van der Waals surface area contributed by atoms with Crippen molar-refractivity contribution >= 4 is 11.9 Å². The minimum Gasteiger partial charge on any atom is -0.353 e. The summed E-state index contributed by atoms with van der Waals surface area (Å²) >= 11 is 0. The predicted octanol–water partition coefficient (Wildman–Crippen LogP) is 1.92. The molecule has 1 aromatic heterocycles. The molecular formula is C16H22N4O. The van der Waals surface area contributed by atoms with Crippen molar-refractivity contribution in [1.29, 1.82) is 0 Å². The third-order valence-electron chi connectivity index (χ3n) is 4.32. The number of hydrogen-bond acceptors (Lipinski definition) is 4. The molecule has 1 atom stereocenters. The number of nitrogens with one attached hydrogen (secondary N) is 1. The van der Waals surface area contributed by atoms with E-state index >= 15 is 0 Å². The van der Waals surface area contributed by atoms with Gasteiger partial charge in [-0.05, 0) is 38.2 Å². The summed E-state index contributed by atoms with van der Waals surface area (Å²) in [6.45, 7) is 1.80. The molecule has 0 saturated carbocycles. The Morgan fingerprint density at radius 1 is 1.14 bits per heavy atom. The van der Waals surface area contributed by atoms with Crippen molar-refractivity contribution in [1.82, 2.24) is 15.3 Å². The van der Waals surface area contributed by atoms with E-state index in [2.05, 4.69) is 32.3 Å². The van der Waals surface area contributed by atoms with Gasteiger partial charge in [0, 0.05) is 37.4 Å². The zero-order valence-electron chi connectivity index (χ0n) is 12.2. The molecule has 1 N–H and O–H groups in total. The van der Waals surface area contributed by atoms with Crippen LogP contribution in [0.25, 0.3) is 0 Å². The summed E-state index contributed by atoms with van der Waals surface area (Å²) in [5.74, 6) is 1.19. The lowest BCUT2D eigenvalue weighted by Gasteiger charge is -2.33. The highest BCUT2D eigenvalue weighted by atomic mass is 16.1. The highest BCUT2D eigenvalue weighted by Gasteiger charge is 2.25. The summed E-state index contributed by atoms with van der Waals surface area (Å²) < 4.78 is 0. The summed E-state index contributed by atoms with van der Waals surface area (Å²) in [5, 5.41) is 3.22. The van der Waals surface area contributed by atoms with Gasteiger partial charge in [0.05, 0.1) is 0 Å². The lowest BCUT2D eigenvalue weighted by atomic mass is 9.93. The van der Waals surface area contributed by atoms with Crippen LogP contribution in [-0.2, 0) is 4.79 Å². The van der Waals surface area contributed by atoms with Gasteiger partial charge in [0.25, 0.3) is 0 Å². The number of allylic oxidation sites excluding steroid dienone is 2. The van der Waals surface area contributed by atoms with Crippen molar-refractivity contribution in [3.8, 4) is 0 Å². The van der Waals surface area contributed by atoms with Crippen LogP contribution in [0.2, 0.25) is 0 Å². The molecular weight excluding hydrogens is 264 g/mol. The number of anilines is 1. The van der Waals surface area contributed by atoms with E-state index in [0.29, 0.717) is 6.04 Å². The average molecular weight is 286 g/mol. The van der Waals surface area contributed by atoms with E-state index in [0.717, 1.165) is 51.1 Å². The predicted molar refractivity (Wildman–Crippen MR) is 81.9 cm³/mol. The molecule has 5 nitrogen and oxygen atoms in total. The van der Waals surface area contributed by atoms with Gasteiger partial charge in [0.2, 0.25) is 11.9 Å². The number of piperidine rings is 1. The van der Waals surface area contributed by atoms with E-state index in [1.54, 1.807) is 12.4 Å². The summed E-state index contributed by atoms with van der Waals surface area (Å²) in [6, 6.07) is 2.12. The largest absolute Gasteiger partial charge is 0.353 e. The molecule has 2 aliphatic rings. The Labute approximate surface area is 125 Å². The van der Waals surface area contributed by atoms with Crippen LogP contribution in [-0.4, -0.2) is 35.0 Å². The summed E-state index contributed by atoms with van der Waals surface area (Å²) in [7, 11) is 0. The first-order chi connectivity index (χ1) is 10.3. The zero-order chi connectivity index (χ0) is 14.5. The zero-order valence-corrected chi connectivity index (χ0v) is 12.2. The molecule has 1 amide bonds. The smallest absolute Gasteiger partial charge is 0.225 e. The monoisotopic (exact) mass is 286 g/mol. The van der Waals surface area contributed by atoms with Crippen LogP contribution in [0.3, 0.4) is 0 Å². The maximum atomic E-state index is 12.2. The van der Waals surface area contributed by atoms with E-state index in [1.807, 2.05) is 6.07 Å². The highest BCUT2D eigenvalue weighted by molar-refractivity contribution is 5.79. The van der Waals surface area contributed by atoms with Crippen molar-refractivity contribution < 1.29 is 4.79 Å². The third kappa shape index (κ3) is 3.60.